The summed E-state index contributed by atoms with van der Waals surface area (Å²) in [5.74, 6) is -5.56. The van der Waals surface area contributed by atoms with Crippen molar-refractivity contribution < 1.29 is 129 Å². The molecule has 0 radical (unpaired) electrons. The molecule has 0 amide bonds. The summed E-state index contributed by atoms with van der Waals surface area (Å²) in [5.41, 5.74) is 19.8. The van der Waals surface area contributed by atoms with E-state index in [2.05, 4.69) is 30.6 Å². The zero-order valence-corrected chi connectivity index (χ0v) is 47.5. The van der Waals surface area contributed by atoms with Gasteiger partial charge in [-0.05, 0) is 27.9 Å². The van der Waals surface area contributed by atoms with E-state index in [0.29, 0.717) is 12.7 Å². The van der Waals surface area contributed by atoms with Crippen LogP contribution >= 0.6 is 0 Å². The van der Waals surface area contributed by atoms with Crippen LogP contribution in [0.3, 0.4) is 0 Å². The van der Waals surface area contributed by atoms with Gasteiger partial charge in [-0.1, -0.05) is 24.3 Å². The first kappa shape index (κ1) is 69.9. The molecule has 6 aliphatic rings. The number of nitrogens with one attached hydrogen (secondary N) is 2. The highest BCUT2D eigenvalue weighted by Crippen LogP contribution is 2.48. The summed E-state index contributed by atoms with van der Waals surface area (Å²) in [6.07, 6.45) is -42.1. The Morgan fingerprint density at radius 1 is 0.557 bits per heavy atom. The number of nitrogens with zero attached hydrogens (tertiary/aromatic N) is 4. The smallest absolute Gasteiger partial charge is 0.200 e. The molecule has 38 nitrogen and oxygen atoms in total. The van der Waals surface area contributed by atoms with Crippen molar-refractivity contribution in [3.63, 3.8) is 0 Å². The summed E-state index contributed by atoms with van der Waals surface area (Å²) in [6, 6.07) is -8.13. The average molecular weight is 1260 g/mol. The van der Waals surface area contributed by atoms with Crippen molar-refractivity contribution in [3.05, 3.63) is 35.4 Å². The molecule has 0 bridgehead atoms. The monoisotopic (exact) mass is 1260 g/mol. The number of hydrogen-bond acceptors (Lipinski definition) is 32. The lowest BCUT2D eigenvalue weighted by Crippen LogP contribution is -2.76. The van der Waals surface area contributed by atoms with E-state index >= 15 is 9.59 Å². The van der Waals surface area contributed by atoms with Crippen molar-refractivity contribution >= 4 is 48.7 Å². The standard InChI is InChI=1S/C50H78N12O26/c1-15-47(79,11-65)39(85-41-23(57-3)27(69)25(67)19(9-63)83-41)43(81-15)87-49(33(61-45(53)54)29(71)21(59-13-51)31(73)37(49)77)35(75)17-7-5-6-8-18(17)36(76)50(34(62-46(55)56)30(72)22(60-14-52)32(74)38(50)78)88-44-40(48(80,12-66)16(2)82-44)86-42-24(58-4)28(70)26(68)20(10-64)84-42/h5-8,11-16,19-34,37-44,57-58,63-64,67-74,77-80H,9-10H2,1-4H3,(H2,51,59)(H2,52,60)(H4,53,54,61)(H4,55,56,62)/t15-,16-,19-,20-,21+,22+,23-,24-,25-,26-,27-,28-,29+,30+,31-,32-,33-,34-,37+,38+,39-,40-,41-,42-,43-,44-,47+,48+,49-,50-/m0/s1. The van der Waals surface area contributed by atoms with E-state index in [1.165, 1.54) is 14.1 Å². The molecule has 1 aromatic rings. The van der Waals surface area contributed by atoms with Crippen molar-refractivity contribution in [1.82, 2.24) is 10.6 Å². The quantitative estimate of drug-likeness (QED) is 0.0222. The number of likely N-dealkylation sites (N-methyl/N-ethyl adjacent to an activating group) is 2. The second-order valence-corrected chi connectivity index (χ2v) is 21.9. The highest BCUT2D eigenvalue weighted by atomic mass is 16.8. The Labute approximate surface area is 499 Å². The molecule has 2 aliphatic carbocycles. The topological polar surface area (TPSA) is 655 Å². The van der Waals surface area contributed by atoms with E-state index in [1.54, 1.807) is 0 Å². The second kappa shape index (κ2) is 27.5. The fourth-order valence-electron chi connectivity index (χ4n) is 12.2. The van der Waals surface area contributed by atoms with Crippen LogP contribution in [0.25, 0.3) is 0 Å². The fraction of sp³-hybridized carbons (Fsp3) is 0.720. The predicted octanol–water partition coefficient (Wildman–Crippen LogP) is -14.1. The van der Waals surface area contributed by atoms with Gasteiger partial charge in [0.1, 0.15) is 110 Å². The minimum atomic E-state index is -3.60. The Bertz CT molecular complexity index is 2580. The van der Waals surface area contributed by atoms with Crippen LogP contribution in [-0.4, -0.2) is 329 Å². The normalized spacial score (nSPS) is 46.3. The minimum absolute atomic E-state index is 0.0874. The van der Waals surface area contributed by atoms with Crippen LogP contribution in [0.1, 0.15) is 34.6 Å². The van der Waals surface area contributed by atoms with Crippen LogP contribution in [-0.2, 0) is 47.5 Å². The lowest BCUT2D eigenvalue weighted by atomic mass is 9.66. The third kappa shape index (κ3) is 11.8. The van der Waals surface area contributed by atoms with Crippen molar-refractivity contribution in [2.45, 2.75) is 195 Å². The van der Waals surface area contributed by atoms with Crippen LogP contribution in [0, 0.1) is 0 Å². The zero-order valence-electron chi connectivity index (χ0n) is 47.5. The highest BCUT2D eigenvalue weighted by Gasteiger charge is 2.72. The first-order chi connectivity index (χ1) is 41.5. The summed E-state index contributed by atoms with van der Waals surface area (Å²) in [6.45, 7) is 0.307. The van der Waals surface area contributed by atoms with E-state index in [9.17, 15) is 81.1 Å². The molecular formula is C50H78N12O26. The molecule has 4 heterocycles. The number of Topliss-reactive ketones (excluding diaryl/α,β-unsaturated/α-hetero) is 2. The van der Waals surface area contributed by atoms with Gasteiger partial charge in [-0.2, -0.15) is 0 Å². The summed E-state index contributed by atoms with van der Waals surface area (Å²) < 4.78 is 48.6. The molecule has 7 rings (SSSR count). The summed E-state index contributed by atoms with van der Waals surface area (Å²) >= 11 is 0. The minimum Gasteiger partial charge on any atom is -0.394 e. The molecule has 0 unspecified atom stereocenters. The Kier molecular flexibility index (Phi) is 21.8. The van der Waals surface area contributed by atoms with Crippen LogP contribution in [0.5, 0.6) is 0 Å². The fourth-order valence-corrected chi connectivity index (χ4v) is 12.2. The van der Waals surface area contributed by atoms with E-state index in [-0.39, 0.29) is 12.6 Å². The molecule has 494 valence electrons. The van der Waals surface area contributed by atoms with Gasteiger partial charge in [0.2, 0.25) is 11.6 Å². The number of hydrogen-bond donors (Lipinski definition) is 22. The van der Waals surface area contributed by atoms with Gasteiger partial charge in [0.05, 0.1) is 50.2 Å². The number of ether oxygens (including phenoxy) is 8. The molecule has 0 aromatic heterocycles. The number of aliphatic imine (C=N–C) groups is 4. The van der Waals surface area contributed by atoms with E-state index in [0.717, 1.165) is 38.1 Å². The Hall–Kier alpha value is -5.58. The SMILES string of the molecule is CN[C@@H]1[C@H](O[C@H]2[C@H](O[C@@]3(C(=O)c4ccccc4C(=O)[C@]4(O[C@@H]5O[C@@H](C)[C@](O)(C=O)[C@H]5O[C@@H]5O[C@@H](CO)[C@H](O)[C@@H](O)[C@@H]5NC)[C@H](O)[C@@H](O)[C@H](N=CN)[C@@H](O)[C@@H]4N=C(N)N)[C@H](O)[C@@H](O)[C@H](N=CN)[C@@H](O)[C@@H]3N=C(N)N)O[C@@H](C)[C@]2(O)C=O)O[C@@H](CO)[C@H](O)[C@H]1O. The molecule has 4 aliphatic heterocycles. The maximum atomic E-state index is 16.5. The van der Waals surface area contributed by atoms with Gasteiger partial charge < -0.3 is 154 Å². The number of aldehydes is 2. The van der Waals surface area contributed by atoms with E-state index < -0.39 is 229 Å². The van der Waals surface area contributed by atoms with Gasteiger partial charge in [-0.3, -0.25) is 29.2 Å². The number of rotatable bonds is 22. The molecule has 4 saturated heterocycles. The first-order valence-electron chi connectivity index (χ1n) is 27.3. The first-order valence-corrected chi connectivity index (χ1v) is 27.3. The third-order valence-corrected chi connectivity index (χ3v) is 17.0. The molecule has 1 aromatic carbocycles. The number of carbonyl (C=O) groups is 4. The third-order valence-electron chi connectivity index (χ3n) is 17.0. The summed E-state index contributed by atoms with van der Waals surface area (Å²) in [5, 5.41) is 167. The van der Waals surface area contributed by atoms with E-state index in [1.807, 2.05) is 0 Å². The van der Waals surface area contributed by atoms with E-state index in [4.69, 9.17) is 72.3 Å². The number of aliphatic hydroxyl groups excluding tert-OH is 12. The maximum Gasteiger partial charge on any atom is 0.200 e. The molecular weight excluding hydrogens is 1180 g/mol. The molecule has 28 N–H and O–H groups in total. The lowest BCUT2D eigenvalue weighted by Gasteiger charge is -2.52. The number of aliphatic hydroxyl groups is 14. The van der Waals surface area contributed by atoms with Gasteiger partial charge in [0.25, 0.3) is 0 Å². The number of carbonyl (C=O) groups excluding carboxylic acids is 4. The van der Waals surface area contributed by atoms with Gasteiger partial charge in [0.15, 0.2) is 72.1 Å². The summed E-state index contributed by atoms with van der Waals surface area (Å²) in [7, 11) is 2.54. The predicted molar refractivity (Wildman–Crippen MR) is 293 cm³/mol. The summed E-state index contributed by atoms with van der Waals surface area (Å²) in [4.78, 5) is 74.9. The molecule has 88 heavy (non-hydrogen) atoms. The largest absolute Gasteiger partial charge is 0.394 e. The Morgan fingerprint density at radius 3 is 1.18 bits per heavy atom. The highest BCUT2D eigenvalue weighted by molar-refractivity contribution is 6.15. The molecule has 2 saturated carbocycles. The average Bonchev–Trinajstić information content (AvgIpc) is 1.55. The molecule has 6 fully saturated rings. The molecule has 30 atom stereocenters. The van der Waals surface area contributed by atoms with Crippen molar-refractivity contribution in [3.8, 4) is 0 Å². The Balaban J connectivity index is 1.48. The van der Waals surface area contributed by atoms with Gasteiger partial charge in [-0.15, -0.1) is 0 Å². The van der Waals surface area contributed by atoms with Crippen LogP contribution < -0.4 is 45.0 Å². The van der Waals surface area contributed by atoms with Crippen LogP contribution in [0.15, 0.2) is 44.2 Å². The Morgan fingerprint density at radius 2 is 0.898 bits per heavy atom. The number of guanidine groups is 2. The molecule has 0 spiro atoms. The van der Waals surface area contributed by atoms with Crippen LogP contribution in [0.2, 0.25) is 0 Å². The number of nitrogens with two attached hydrogens (primary N) is 6. The van der Waals surface area contributed by atoms with Crippen molar-refractivity contribution in [1.29, 1.82) is 0 Å². The molecule has 38 heteroatoms. The van der Waals surface area contributed by atoms with Crippen LogP contribution in [0.4, 0.5) is 0 Å². The van der Waals surface area contributed by atoms with Crippen molar-refractivity contribution in [2.75, 3.05) is 27.3 Å². The van der Waals surface area contributed by atoms with Crippen molar-refractivity contribution in [2.24, 2.45) is 54.4 Å². The number of ketones is 2. The van der Waals surface area contributed by atoms with Gasteiger partial charge in [-0.25, -0.2) is 9.98 Å². The maximum absolute atomic E-state index is 16.5. The zero-order chi connectivity index (χ0) is 65.4. The lowest BCUT2D eigenvalue weighted by molar-refractivity contribution is -0.321. The number of benzene rings is 1. The van der Waals surface area contributed by atoms with Gasteiger partial charge >= 0.3 is 0 Å². The second-order valence-electron chi connectivity index (χ2n) is 21.9. The van der Waals surface area contributed by atoms with Gasteiger partial charge in [0, 0.05) is 11.1 Å².